The van der Waals surface area contributed by atoms with E-state index in [-0.39, 0.29) is 11.6 Å². The van der Waals surface area contributed by atoms with Gasteiger partial charge < -0.3 is 11.1 Å². The average molecular weight is 313 g/mol. The molecule has 0 radical (unpaired) electrons. The first-order valence-electron chi connectivity index (χ1n) is 5.54. The Bertz CT molecular complexity index is 654. The van der Waals surface area contributed by atoms with E-state index in [2.05, 4.69) is 15.3 Å². The van der Waals surface area contributed by atoms with Gasteiger partial charge in [-0.15, -0.1) is 0 Å². The third-order valence-electron chi connectivity index (χ3n) is 2.38. The number of nitrogen functional groups attached to an aromatic ring is 1. The van der Waals surface area contributed by atoms with E-state index in [0.29, 0.717) is 22.3 Å². The predicted molar refractivity (Wildman–Crippen MR) is 74.7 cm³/mol. The molecular formula is C11H9F2N5O2S. The minimum atomic E-state index is -2.51. The van der Waals surface area contributed by atoms with Crippen molar-refractivity contribution in [1.29, 1.82) is 0 Å². The highest BCUT2D eigenvalue weighted by Gasteiger charge is 2.20. The number of halogens is 2. The molecule has 0 spiro atoms. The summed E-state index contributed by atoms with van der Waals surface area (Å²) in [6.45, 7) is 0. The first-order valence-corrected chi connectivity index (χ1v) is 6.42. The summed E-state index contributed by atoms with van der Waals surface area (Å²) >= 11 is 0.409. The topological polar surface area (TPSA) is 107 Å². The molecule has 3 N–H and O–H groups in total. The molecule has 0 amide bonds. The maximum absolute atomic E-state index is 12.2. The van der Waals surface area contributed by atoms with Crippen molar-refractivity contribution in [3.8, 4) is 0 Å². The average Bonchev–Trinajstić information content (AvgIpc) is 2.40. The van der Waals surface area contributed by atoms with Gasteiger partial charge in [0.1, 0.15) is 6.33 Å². The Morgan fingerprint density at radius 3 is 2.52 bits per heavy atom. The van der Waals surface area contributed by atoms with Gasteiger partial charge in [-0.3, -0.25) is 10.1 Å². The number of hydrogen-bond acceptors (Lipinski definition) is 7. The number of thioether (sulfide) groups is 1. The minimum Gasteiger partial charge on any atom is -0.378 e. The second-order valence-corrected chi connectivity index (χ2v) is 4.80. The van der Waals surface area contributed by atoms with Gasteiger partial charge in [0.05, 0.1) is 4.92 Å². The lowest BCUT2D eigenvalue weighted by Gasteiger charge is -2.07. The van der Waals surface area contributed by atoms with E-state index in [1.807, 2.05) is 0 Å². The molecule has 1 aromatic carbocycles. The highest BCUT2D eigenvalue weighted by atomic mass is 32.2. The van der Waals surface area contributed by atoms with Crippen LogP contribution < -0.4 is 11.1 Å². The lowest BCUT2D eigenvalue weighted by atomic mass is 10.3. The second kappa shape index (κ2) is 6.31. The van der Waals surface area contributed by atoms with Crippen molar-refractivity contribution in [3.63, 3.8) is 0 Å². The summed E-state index contributed by atoms with van der Waals surface area (Å²) in [4.78, 5) is 17.9. The van der Waals surface area contributed by atoms with Crippen LogP contribution in [-0.2, 0) is 0 Å². The van der Waals surface area contributed by atoms with Gasteiger partial charge in [0.15, 0.2) is 0 Å². The standard InChI is InChI=1S/C11H9F2N5O2S/c12-11(13)21-7-3-1-6(2-4-7)17-10-8(18(19)20)9(14)15-5-16-10/h1-5,11H,(H3,14,15,16,17). The number of anilines is 3. The van der Waals surface area contributed by atoms with E-state index in [1.54, 1.807) is 0 Å². The first kappa shape index (κ1) is 14.9. The number of rotatable bonds is 5. The van der Waals surface area contributed by atoms with E-state index in [9.17, 15) is 18.9 Å². The van der Waals surface area contributed by atoms with Crippen molar-refractivity contribution in [1.82, 2.24) is 9.97 Å². The minimum absolute atomic E-state index is 0.0678. The van der Waals surface area contributed by atoms with Gasteiger partial charge in [0, 0.05) is 10.6 Å². The highest BCUT2D eigenvalue weighted by Crippen LogP contribution is 2.30. The summed E-state index contributed by atoms with van der Waals surface area (Å²) in [5.74, 6) is -2.84. The number of alkyl halides is 2. The van der Waals surface area contributed by atoms with Gasteiger partial charge in [0.25, 0.3) is 5.76 Å². The Morgan fingerprint density at radius 2 is 1.95 bits per heavy atom. The van der Waals surface area contributed by atoms with Crippen LogP contribution in [0.15, 0.2) is 35.5 Å². The SMILES string of the molecule is Nc1ncnc(Nc2ccc(SC(F)F)cc2)c1[N+](=O)[O-]. The number of aromatic nitrogens is 2. The van der Waals surface area contributed by atoms with Gasteiger partial charge in [-0.25, -0.2) is 9.97 Å². The number of nitrogens with two attached hydrogens (primary N) is 1. The van der Waals surface area contributed by atoms with Crippen molar-refractivity contribution in [3.05, 3.63) is 40.7 Å². The van der Waals surface area contributed by atoms with Crippen LogP contribution in [0, 0.1) is 10.1 Å². The fourth-order valence-corrected chi connectivity index (χ4v) is 2.02. The van der Waals surface area contributed by atoms with E-state index in [1.165, 1.54) is 24.3 Å². The van der Waals surface area contributed by atoms with Crippen molar-refractivity contribution >= 4 is 34.8 Å². The van der Waals surface area contributed by atoms with E-state index in [0.717, 1.165) is 6.33 Å². The highest BCUT2D eigenvalue weighted by molar-refractivity contribution is 7.99. The molecule has 1 heterocycles. The van der Waals surface area contributed by atoms with E-state index < -0.39 is 16.4 Å². The molecule has 0 aliphatic carbocycles. The molecule has 1 aromatic heterocycles. The lowest BCUT2D eigenvalue weighted by molar-refractivity contribution is -0.383. The molecule has 0 fully saturated rings. The Morgan fingerprint density at radius 1 is 1.29 bits per heavy atom. The molecule has 0 aliphatic rings. The van der Waals surface area contributed by atoms with Crippen LogP contribution in [0.4, 0.5) is 31.8 Å². The monoisotopic (exact) mass is 313 g/mol. The summed E-state index contributed by atoms with van der Waals surface area (Å²) in [6, 6.07) is 5.95. The van der Waals surface area contributed by atoms with Crippen LogP contribution in [-0.4, -0.2) is 20.6 Å². The largest absolute Gasteiger partial charge is 0.378 e. The van der Waals surface area contributed by atoms with Gasteiger partial charge in [-0.05, 0) is 24.3 Å². The summed E-state index contributed by atoms with van der Waals surface area (Å²) in [5, 5.41) is 13.6. The molecule has 21 heavy (non-hydrogen) atoms. The van der Waals surface area contributed by atoms with Crippen molar-refractivity contribution in [2.24, 2.45) is 0 Å². The molecule has 0 saturated heterocycles. The molecule has 2 aromatic rings. The van der Waals surface area contributed by atoms with Crippen molar-refractivity contribution < 1.29 is 13.7 Å². The van der Waals surface area contributed by atoms with Crippen LogP contribution >= 0.6 is 11.8 Å². The van der Waals surface area contributed by atoms with Gasteiger partial charge in [0.2, 0.25) is 11.6 Å². The maximum atomic E-state index is 12.2. The molecule has 10 heteroatoms. The summed E-state index contributed by atoms with van der Waals surface area (Å²) in [5.41, 5.74) is 5.45. The zero-order valence-electron chi connectivity index (χ0n) is 10.4. The zero-order chi connectivity index (χ0) is 15.4. The molecule has 0 aliphatic heterocycles. The Hall–Kier alpha value is -2.49. The maximum Gasteiger partial charge on any atom is 0.353 e. The molecule has 0 saturated carbocycles. The molecule has 0 unspecified atom stereocenters. The first-order chi connectivity index (χ1) is 9.97. The number of nitrogens with one attached hydrogen (secondary N) is 1. The Balaban J connectivity index is 2.22. The smallest absolute Gasteiger partial charge is 0.353 e. The number of hydrogen-bond donors (Lipinski definition) is 2. The molecule has 0 bridgehead atoms. The lowest BCUT2D eigenvalue weighted by Crippen LogP contribution is -2.04. The van der Waals surface area contributed by atoms with Crippen molar-refractivity contribution in [2.45, 2.75) is 10.7 Å². The molecule has 0 atom stereocenters. The van der Waals surface area contributed by atoms with Crippen LogP contribution in [0.1, 0.15) is 0 Å². The molecule has 110 valence electrons. The van der Waals surface area contributed by atoms with Crippen LogP contribution in [0.5, 0.6) is 0 Å². The Kier molecular flexibility index (Phi) is 4.48. The van der Waals surface area contributed by atoms with Crippen LogP contribution in [0.3, 0.4) is 0 Å². The predicted octanol–water partition coefficient (Wildman–Crippen LogP) is 3.03. The summed E-state index contributed by atoms with van der Waals surface area (Å²) < 4.78 is 24.4. The molecule has 2 rings (SSSR count). The third-order valence-corrected chi connectivity index (χ3v) is 3.10. The second-order valence-electron chi connectivity index (χ2n) is 3.74. The Labute approximate surface area is 121 Å². The van der Waals surface area contributed by atoms with Crippen molar-refractivity contribution in [2.75, 3.05) is 11.1 Å². The van der Waals surface area contributed by atoms with Gasteiger partial charge >= 0.3 is 5.69 Å². The van der Waals surface area contributed by atoms with Crippen LogP contribution in [0.2, 0.25) is 0 Å². The van der Waals surface area contributed by atoms with Gasteiger partial charge in [-0.1, -0.05) is 11.8 Å². The van der Waals surface area contributed by atoms with Crippen LogP contribution in [0.25, 0.3) is 0 Å². The quantitative estimate of drug-likeness (QED) is 0.496. The van der Waals surface area contributed by atoms with E-state index in [4.69, 9.17) is 5.73 Å². The number of nitro groups is 1. The van der Waals surface area contributed by atoms with E-state index >= 15 is 0 Å². The zero-order valence-corrected chi connectivity index (χ0v) is 11.2. The van der Waals surface area contributed by atoms with Gasteiger partial charge in [-0.2, -0.15) is 8.78 Å². The number of benzene rings is 1. The summed E-state index contributed by atoms with van der Waals surface area (Å²) in [7, 11) is 0. The fourth-order valence-electron chi connectivity index (χ4n) is 1.52. The fraction of sp³-hybridized carbons (Fsp3) is 0.0909. The summed E-state index contributed by atoms with van der Waals surface area (Å²) in [6.07, 6.45) is 1.09. The molecule has 7 nitrogen and oxygen atoms in total. The number of nitrogens with zero attached hydrogens (tertiary/aromatic N) is 3. The molecular weight excluding hydrogens is 304 g/mol. The normalized spacial score (nSPS) is 10.6. The third kappa shape index (κ3) is 3.75.